The van der Waals surface area contributed by atoms with Crippen molar-refractivity contribution in [3.05, 3.63) is 71.3 Å². The van der Waals surface area contributed by atoms with Crippen LogP contribution in [0.3, 0.4) is 0 Å². The second-order valence-electron chi connectivity index (χ2n) is 6.20. The summed E-state index contributed by atoms with van der Waals surface area (Å²) in [6.07, 6.45) is 1.93. The van der Waals surface area contributed by atoms with Gasteiger partial charge >= 0.3 is 0 Å². The Bertz CT molecular complexity index is 711. The minimum atomic E-state index is 0.0149. The van der Waals surface area contributed by atoms with Crippen LogP contribution in [0, 0.1) is 11.3 Å². The molecule has 0 spiro atoms. The highest BCUT2D eigenvalue weighted by atomic mass is 16.1. The first kappa shape index (κ1) is 16.2. The number of amides is 1. The lowest BCUT2D eigenvalue weighted by Gasteiger charge is -2.32. The third kappa shape index (κ3) is 4.21. The highest BCUT2D eigenvalue weighted by Gasteiger charge is 2.21. The van der Waals surface area contributed by atoms with E-state index in [0.29, 0.717) is 5.56 Å². The second-order valence-corrected chi connectivity index (χ2v) is 6.20. The van der Waals surface area contributed by atoms with Gasteiger partial charge in [-0.2, -0.15) is 5.26 Å². The molecule has 0 atom stereocenters. The number of nitrogens with zero attached hydrogens (tertiary/aromatic N) is 2. The van der Waals surface area contributed by atoms with E-state index in [2.05, 4.69) is 16.3 Å². The Morgan fingerprint density at radius 1 is 1.08 bits per heavy atom. The van der Waals surface area contributed by atoms with E-state index >= 15 is 0 Å². The third-order valence-electron chi connectivity index (χ3n) is 4.45. The van der Waals surface area contributed by atoms with Crippen molar-refractivity contribution in [2.45, 2.75) is 25.4 Å². The monoisotopic (exact) mass is 319 g/mol. The van der Waals surface area contributed by atoms with Crippen molar-refractivity contribution in [3.63, 3.8) is 0 Å². The summed E-state index contributed by atoms with van der Waals surface area (Å²) in [4.78, 5) is 14.6. The molecule has 4 heteroatoms. The van der Waals surface area contributed by atoms with Crippen LogP contribution in [-0.4, -0.2) is 29.9 Å². The zero-order chi connectivity index (χ0) is 16.8. The predicted molar refractivity (Wildman–Crippen MR) is 93.4 cm³/mol. The number of nitriles is 1. The van der Waals surface area contributed by atoms with Gasteiger partial charge in [0.15, 0.2) is 0 Å². The molecule has 0 radical (unpaired) electrons. The topological polar surface area (TPSA) is 56.1 Å². The van der Waals surface area contributed by atoms with Gasteiger partial charge in [0.2, 0.25) is 0 Å². The van der Waals surface area contributed by atoms with E-state index in [9.17, 15) is 4.79 Å². The van der Waals surface area contributed by atoms with E-state index in [-0.39, 0.29) is 11.9 Å². The summed E-state index contributed by atoms with van der Waals surface area (Å²) in [5, 5.41) is 12.0. The molecule has 1 aliphatic rings. The number of benzene rings is 2. The smallest absolute Gasteiger partial charge is 0.251 e. The summed E-state index contributed by atoms with van der Waals surface area (Å²) >= 11 is 0. The van der Waals surface area contributed by atoms with Crippen molar-refractivity contribution >= 4 is 5.91 Å². The van der Waals surface area contributed by atoms with Gasteiger partial charge < -0.3 is 5.32 Å². The van der Waals surface area contributed by atoms with Crippen LogP contribution in [-0.2, 0) is 6.54 Å². The van der Waals surface area contributed by atoms with E-state index < -0.39 is 0 Å². The number of nitrogens with one attached hydrogen (secondary N) is 1. The van der Waals surface area contributed by atoms with Crippen molar-refractivity contribution in [2.24, 2.45) is 0 Å². The molecule has 1 fully saturated rings. The van der Waals surface area contributed by atoms with Crippen molar-refractivity contribution in [2.75, 3.05) is 13.1 Å². The SMILES string of the molecule is N#Cc1ccc(CN2CCC(NC(=O)c3ccccc3)CC2)cc1. The minimum Gasteiger partial charge on any atom is -0.349 e. The first-order valence-corrected chi connectivity index (χ1v) is 8.32. The fraction of sp³-hybridized carbons (Fsp3) is 0.300. The molecule has 1 amide bonds. The van der Waals surface area contributed by atoms with Crippen LogP contribution in [0.1, 0.15) is 34.3 Å². The van der Waals surface area contributed by atoms with Crippen LogP contribution in [0.5, 0.6) is 0 Å². The first-order chi connectivity index (χ1) is 11.7. The molecule has 0 saturated carbocycles. The van der Waals surface area contributed by atoms with Gasteiger partial charge in [-0.1, -0.05) is 30.3 Å². The number of piperidine rings is 1. The summed E-state index contributed by atoms with van der Waals surface area (Å²) in [5.41, 5.74) is 2.64. The third-order valence-corrected chi connectivity index (χ3v) is 4.45. The van der Waals surface area contributed by atoms with Crippen LogP contribution < -0.4 is 5.32 Å². The van der Waals surface area contributed by atoms with Crippen LogP contribution in [0.25, 0.3) is 0 Å². The van der Waals surface area contributed by atoms with Gasteiger partial charge in [0, 0.05) is 31.2 Å². The molecule has 0 aliphatic carbocycles. The van der Waals surface area contributed by atoms with Gasteiger partial charge in [0.25, 0.3) is 5.91 Å². The molecule has 1 N–H and O–H groups in total. The zero-order valence-corrected chi connectivity index (χ0v) is 13.6. The van der Waals surface area contributed by atoms with Gasteiger partial charge in [0.05, 0.1) is 11.6 Å². The maximum Gasteiger partial charge on any atom is 0.251 e. The standard InChI is InChI=1S/C20H21N3O/c21-14-16-6-8-17(9-7-16)15-23-12-10-19(11-13-23)22-20(24)18-4-2-1-3-5-18/h1-9,19H,10-13,15H2,(H,22,24). The van der Waals surface area contributed by atoms with Crippen LogP contribution in [0.15, 0.2) is 54.6 Å². The molecular weight excluding hydrogens is 298 g/mol. The molecule has 1 heterocycles. The Morgan fingerprint density at radius 2 is 1.75 bits per heavy atom. The number of rotatable bonds is 4. The summed E-state index contributed by atoms with van der Waals surface area (Å²) < 4.78 is 0. The normalized spacial score (nSPS) is 15.6. The van der Waals surface area contributed by atoms with E-state index in [0.717, 1.165) is 38.0 Å². The second kappa shape index (κ2) is 7.76. The van der Waals surface area contributed by atoms with Gasteiger partial charge in [-0.05, 0) is 42.7 Å². The molecule has 2 aromatic carbocycles. The quantitative estimate of drug-likeness (QED) is 0.942. The van der Waals surface area contributed by atoms with E-state index in [4.69, 9.17) is 5.26 Å². The van der Waals surface area contributed by atoms with E-state index in [1.165, 1.54) is 5.56 Å². The Labute approximate surface area is 142 Å². The lowest BCUT2D eigenvalue weighted by Crippen LogP contribution is -2.44. The molecule has 3 rings (SSSR count). The lowest BCUT2D eigenvalue weighted by atomic mass is 10.0. The average Bonchev–Trinajstić information content (AvgIpc) is 2.65. The van der Waals surface area contributed by atoms with Gasteiger partial charge in [-0.3, -0.25) is 9.69 Å². The maximum atomic E-state index is 12.2. The van der Waals surface area contributed by atoms with Gasteiger partial charge in [-0.25, -0.2) is 0 Å². The molecule has 1 aliphatic heterocycles. The number of carbonyl (C=O) groups excluding carboxylic acids is 1. The largest absolute Gasteiger partial charge is 0.349 e. The fourth-order valence-electron chi connectivity index (χ4n) is 3.04. The number of likely N-dealkylation sites (tertiary alicyclic amines) is 1. The van der Waals surface area contributed by atoms with E-state index in [1.54, 1.807) is 0 Å². The molecule has 0 unspecified atom stereocenters. The molecule has 4 nitrogen and oxygen atoms in total. The maximum absolute atomic E-state index is 12.2. The number of hydrogen-bond acceptors (Lipinski definition) is 3. The Kier molecular flexibility index (Phi) is 5.25. The molecule has 1 saturated heterocycles. The van der Waals surface area contributed by atoms with Crippen molar-refractivity contribution in [3.8, 4) is 6.07 Å². The first-order valence-electron chi connectivity index (χ1n) is 8.32. The Morgan fingerprint density at radius 3 is 2.38 bits per heavy atom. The Hall–Kier alpha value is -2.64. The summed E-state index contributed by atoms with van der Waals surface area (Å²) in [6.45, 7) is 2.84. The van der Waals surface area contributed by atoms with Crippen molar-refractivity contribution in [1.82, 2.24) is 10.2 Å². The molecule has 0 aromatic heterocycles. The van der Waals surface area contributed by atoms with Crippen molar-refractivity contribution in [1.29, 1.82) is 5.26 Å². The molecule has 0 bridgehead atoms. The van der Waals surface area contributed by atoms with Gasteiger partial charge in [0.1, 0.15) is 0 Å². The Balaban J connectivity index is 1.47. The number of carbonyl (C=O) groups is 1. The lowest BCUT2D eigenvalue weighted by molar-refractivity contribution is 0.0909. The highest BCUT2D eigenvalue weighted by Crippen LogP contribution is 2.15. The van der Waals surface area contributed by atoms with E-state index in [1.807, 2.05) is 54.6 Å². The van der Waals surface area contributed by atoms with Crippen LogP contribution >= 0.6 is 0 Å². The fourth-order valence-corrected chi connectivity index (χ4v) is 3.04. The summed E-state index contributed by atoms with van der Waals surface area (Å²) in [6, 6.07) is 19.5. The van der Waals surface area contributed by atoms with Crippen LogP contribution in [0.4, 0.5) is 0 Å². The predicted octanol–water partition coefficient (Wildman–Crippen LogP) is 2.95. The molecule has 2 aromatic rings. The molecular formula is C20H21N3O. The molecule has 122 valence electrons. The van der Waals surface area contributed by atoms with Crippen LogP contribution in [0.2, 0.25) is 0 Å². The summed E-state index contributed by atoms with van der Waals surface area (Å²) in [5.74, 6) is 0.0149. The molecule has 24 heavy (non-hydrogen) atoms. The van der Waals surface area contributed by atoms with Crippen molar-refractivity contribution < 1.29 is 4.79 Å². The number of hydrogen-bond donors (Lipinski definition) is 1. The minimum absolute atomic E-state index is 0.0149. The highest BCUT2D eigenvalue weighted by molar-refractivity contribution is 5.94. The average molecular weight is 319 g/mol. The van der Waals surface area contributed by atoms with Gasteiger partial charge in [-0.15, -0.1) is 0 Å². The summed E-state index contributed by atoms with van der Waals surface area (Å²) in [7, 11) is 0. The zero-order valence-electron chi connectivity index (χ0n) is 13.6.